The lowest BCUT2D eigenvalue weighted by molar-refractivity contribution is -0.384. The summed E-state index contributed by atoms with van der Waals surface area (Å²) < 4.78 is 11.0. The van der Waals surface area contributed by atoms with E-state index in [0.29, 0.717) is 34.1 Å². The number of nitriles is 1. The molecule has 154 valence electrons. The Hall–Kier alpha value is -4.64. The van der Waals surface area contributed by atoms with Crippen molar-refractivity contribution in [1.82, 2.24) is 0 Å². The van der Waals surface area contributed by atoms with Crippen LogP contribution in [0.25, 0.3) is 6.08 Å². The van der Waals surface area contributed by atoms with Gasteiger partial charge >= 0.3 is 0 Å². The Bertz CT molecular complexity index is 1160. The van der Waals surface area contributed by atoms with E-state index < -0.39 is 4.92 Å². The Morgan fingerprint density at radius 3 is 2.39 bits per heavy atom. The molecule has 0 aliphatic carbocycles. The van der Waals surface area contributed by atoms with Crippen molar-refractivity contribution in [3.8, 4) is 23.3 Å². The number of amides is 1. The first-order chi connectivity index (χ1) is 15.0. The maximum Gasteiger partial charge on any atom is 0.269 e. The number of benzene rings is 3. The molecule has 3 aromatic carbocycles. The summed E-state index contributed by atoms with van der Waals surface area (Å²) in [6.45, 7) is 0. The molecule has 3 rings (SSSR count). The van der Waals surface area contributed by atoms with Crippen LogP contribution in [-0.2, 0) is 4.79 Å². The van der Waals surface area contributed by atoms with Gasteiger partial charge in [-0.1, -0.05) is 0 Å². The van der Waals surface area contributed by atoms with Gasteiger partial charge in [-0.25, -0.2) is 0 Å². The summed E-state index contributed by atoms with van der Waals surface area (Å²) in [5.74, 6) is 1.08. The molecular weight excluding hydrogens is 398 g/mol. The van der Waals surface area contributed by atoms with Crippen molar-refractivity contribution in [1.29, 1.82) is 5.26 Å². The highest BCUT2D eigenvalue weighted by Gasteiger charge is 2.08. The highest BCUT2D eigenvalue weighted by molar-refractivity contribution is 6.01. The summed E-state index contributed by atoms with van der Waals surface area (Å²) in [4.78, 5) is 22.3. The van der Waals surface area contributed by atoms with E-state index in [4.69, 9.17) is 14.7 Å². The molecule has 1 N–H and O–H groups in total. The van der Waals surface area contributed by atoms with Gasteiger partial charge in [0.05, 0.1) is 23.7 Å². The van der Waals surface area contributed by atoms with E-state index in [9.17, 15) is 14.9 Å². The van der Waals surface area contributed by atoms with E-state index in [1.165, 1.54) is 25.3 Å². The van der Waals surface area contributed by atoms with Crippen LogP contribution in [0, 0.1) is 21.4 Å². The number of carbonyl (C=O) groups excluding carboxylic acids is 1. The molecule has 0 spiro atoms. The first-order valence-electron chi connectivity index (χ1n) is 9.08. The van der Waals surface area contributed by atoms with Crippen molar-refractivity contribution >= 4 is 23.4 Å². The first-order valence-corrected chi connectivity index (χ1v) is 9.08. The lowest BCUT2D eigenvalue weighted by Crippen LogP contribution is -2.07. The second kappa shape index (κ2) is 9.71. The van der Waals surface area contributed by atoms with Crippen LogP contribution in [0.5, 0.6) is 17.2 Å². The molecule has 0 saturated carbocycles. The highest BCUT2D eigenvalue weighted by atomic mass is 16.6. The summed E-state index contributed by atoms with van der Waals surface area (Å²) >= 11 is 0. The topological polar surface area (TPSA) is 114 Å². The molecule has 0 heterocycles. The van der Waals surface area contributed by atoms with Crippen molar-refractivity contribution < 1.29 is 19.2 Å². The Labute approximate surface area is 178 Å². The second-order valence-electron chi connectivity index (χ2n) is 6.28. The number of ether oxygens (including phenoxy) is 2. The van der Waals surface area contributed by atoms with Gasteiger partial charge < -0.3 is 14.8 Å². The maximum absolute atomic E-state index is 12.1. The zero-order valence-electron chi connectivity index (χ0n) is 16.4. The molecule has 0 aromatic heterocycles. The highest BCUT2D eigenvalue weighted by Crippen LogP contribution is 2.32. The van der Waals surface area contributed by atoms with Crippen LogP contribution in [0.4, 0.5) is 11.4 Å². The van der Waals surface area contributed by atoms with Gasteiger partial charge in [0.15, 0.2) is 11.5 Å². The number of rotatable bonds is 7. The SMILES string of the molecule is COc1cc(C#N)ccc1Oc1ccc(NC(=O)/C=C/c2ccc([N+](=O)[O-])cc2)cc1. The third-order valence-corrected chi connectivity index (χ3v) is 4.17. The van der Waals surface area contributed by atoms with E-state index in [-0.39, 0.29) is 11.6 Å². The van der Waals surface area contributed by atoms with Crippen LogP contribution in [0.2, 0.25) is 0 Å². The molecule has 0 atom stereocenters. The number of carbonyl (C=O) groups is 1. The zero-order chi connectivity index (χ0) is 22.2. The van der Waals surface area contributed by atoms with Crippen molar-refractivity contribution in [3.63, 3.8) is 0 Å². The first kappa shape index (κ1) is 21.1. The molecule has 31 heavy (non-hydrogen) atoms. The Balaban J connectivity index is 1.61. The number of hydrogen-bond acceptors (Lipinski definition) is 6. The largest absolute Gasteiger partial charge is 0.493 e. The summed E-state index contributed by atoms with van der Waals surface area (Å²) in [7, 11) is 1.49. The summed E-state index contributed by atoms with van der Waals surface area (Å²) in [6, 6.07) is 19.5. The standard InChI is InChI=1S/C23H17N3O5/c1-30-22-14-17(15-24)4-12-21(22)31-20-10-6-18(7-11-20)25-23(27)13-5-16-2-8-19(9-3-16)26(28)29/h2-14H,1H3,(H,25,27)/b13-5+. The summed E-state index contributed by atoms with van der Waals surface area (Å²) in [5, 5.41) is 22.3. The Morgan fingerprint density at radius 1 is 1.06 bits per heavy atom. The molecule has 0 unspecified atom stereocenters. The number of hydrogen-bond donors (Lipinski definition) is 1. The smallest absolute Gasteiger partial charge is 0.269 e. The molecule has 0 radical (unpaired) electrons. The number of nitrogens with zero attached hydrogens (tertiary/aromatic N) is 2. The number of nitrogens with one attached hydrogen (secondary N) is 1. The zero-order valence-corrected chi connectivity index (χ0v) is 16.4. The third kappa shape index (κ3) is 5.68. The molecular formula is C23H17N3O5. The average molecular weight is 415 g/mol. The molecule has 3 aromatic rings. The molecule has 0 fully saturated rings. The molecule has 0 aliphatic heterocycles. The predicted octanol–water partition coefficient (Wildman–Crippen LogP) is 4.92. The van der Waals surface area contributed by atoms with Gasteiger partial charge in [-0.2, -0.15) is 5.26 Å². The van der Waals surface area contributed by atoms with E-state index in [2.05, 4.69) is 5.32 Å². The van der Waals surface area contributed by atoms with Crippen LogP contribution in [0.3, 0.4) is 0 Å². The van der Waals surface area contributed by atoms with Crippen LogP contribution in [0.1, 0.15) is 11.1 Å². The van der Waals surface area contributed by atoms with Crippen molar-refractivity contribution in [3.05, 3.63) is 94.0 Å². The van der Waals surface area contributed by atoms with Crippen molar-refractivity contribution in [2.75, 3.05) is 12.4 Å². The minimum atomic E-state index is -0.481. The van der Waals surface area contributed by atoms with Crippen molar-refractivity contribution in [2.45, 2.75) is 0 Å². The number of anilines is 1. The molecule has 0 bridgehead atoms. The minimum absolute atomic E-state index is 0.0115. The maximum atomic E-state index is 12.1. The van der Waals surface area contributed by atoms with E-state index in [0.717, 1.165) is 0 Å². The molecule has 8 nitrogen and oxygen atoms in total. The van der Waals surface area contributed by atoms with E-state index in [1.54, 1.807) is 60.7 Å². The van der Waals surface area contributed by atoms with Gasteiger partial charge in [0.25, 0.3) is 5.69 Å². The molecule has 8 heteroatoms. The lowest BCUT2D eigenvalue weighted by atomic mass is 10.2. The lowest BCUT2D eigenvalue weighted by Gasteiger charge is -2.11. The summed E-state index contributed by atoms with van der Waals surface area (Å²) in [6.07, 6.45) is 2.90. The number of nitro groups is 1. The Kier molecular flexibility index (Phi) is 6.60. The van der Waals surface area contributed by atoms with Gasteiger partial charge in [-0.3, -0.25) is 14.9 Å². The number of non-ortho nitro benzene ring substituents is 1. The summed E-state index contributed by atoms with van der Waals surface area (Å²) in [5.41, 5.74) is 1.69. The normalized spacial score (nSPS) is 10.3. The monoisotopic (exact) mass is 415 g/mol. The molecule has 0 saturated heterocycles. The minimum Gasteiger partial charge on any atom is -0.493 e. The second-order valence-corrected chi connectivity index (χ2v) is 6.28. The van der Waals surface area contributed by atoms with Gasteiger partial charge in [0.1, 0.15) is 5.75 Å². The van der Waals surface area contributed by atoms with Crippen molar-refractivity contribution in [2.24, 2.45) is 0 Å². The fourth-order valence-corrected chi connectivity index (χ4v) is 2.62. The van der Waals surface area contributed by atoms with Crippen LogP contribution in [0.15, 0.2) is 72.8 Å². The van der Waals surface area contributed by atoms with Crippen LogP contribution < -0.4 is 14.8 Å². The molecule has 0 aliphatic rings. The fourth-order valence-electron chi connectivity index (χ4n) is 2.62. The Morgan fingerprint density at radius 2 is 1.77 bits per heavy atom. The predicted molar refractivity (Wildman–Crippen MR) is 115 cm³/mol. The van der Waals surface area contributed by atoms with E-state index in [1.807, 2.05) is 6.07 Å². The number of nitro benzene ring substituents is 1. The average Bonchev–Trinajstić information content (AvgIpc) is 2.79. The number of methoxy groups -OCH3 is 1. The van der Waals surface area contributed by atoms with Crippen LogP contribution in [-0.4, -0.2) is 17.9 Å². The van der Waals surface area contributed by atoms with Crippen LogP contribution >= 0.6 is 0 Å². The molecule has 1 amide bonds. The van der Waals surface area contributed by atoms with Gasteiger partial charge in [0, 0.05) is 30.0 Å². The van der Waals surface area contributed by atoms with Gasteiger partial charge in [-0.05, 0) is 60.2 Å². The quantitative estimate of drug-likeness (QED) is 0.333. The van der Waals surface area contributed by atoms with E-state index >= 15 is 0 Å². The third-order valence-electron chi connectivity index (χ3n) is 4.17. The van der Waals surface area contributed by atoms with Gasteiger partial charge in [0.2, 0.25) is 5.91 Å². The fraction of sp³-hybridized carbons (Fsp3) is 0.0435. The van der Waals surface area contributed by atoms with Gasteiger partial charge in [-0.15, -0.1) is 0 Å².